The van der Waals surface area contributed by atoms with Crippen LogP contribution < -0.4 is 0 Å². The molecule has 19 heavy (non-hydrogen) atoms. The Morgan fingerprint density at radius 3 is 2.37 bits per heavy atom. The molecule has 0 radical (unpaired) electrons. The Bertz CT molecular complexity index is 476. The van der Waals surface area contributed by atoms with E-state index in [-0.39, 0.29) is 5.75 Å². The molecule has 1 saturated carbocycles. The summed E-state index contributed by atoms with van der Waals surface area (Å²) in [6.45, 7) is 0. The van der Waals surface area contributed by atoms with Gasteiger partial charge in [0, 0.05) is 16.6 Å². The number of hydrogen-bond acceptors (Lipinski definition) is 2. The fraction of sp³-hybridized carbons (Fsp3) is 0.500. The molecule has 5 heteroatoms. The molecular weight excluding hydrogens is 270 g/mol. The normalized spacial score (nSPS) is 17.6. The third kappa shape index (κ3) is 3.69. The summed E-state index contributed by atoms with van der Waals surface area (Å²) in [5, 5.41) is 0. The molecule has 0 spiro atoms. The van der Waals surface area contributed by atoms with Crippen molar-refractivity contribution in [3.05, 3.63) is 35.4 Å². The molecule has 1 unspecified atom stereocenters. The largest absolute Gasteiger partial charge is 0.293 e. The molecule has 0 aromatic heterocycles. The van der Waals surface area contributed by atoms with E-state index in [0.717, 1.165) is 37.8 Å². The van der Waals surface area contributed by atoms with Gasteiger partial charge in [-0.25, -0.2) is 8.78 Å². The van der Waals surface area contributed by atoms with Crippen LogP contribution in [0.3, 0.4) is 0 Å². The third-order valence-corrected chi connectivity index (χ3v) is 4.86. The first-order chi connectivity index (χ1) is 9.08. The van der Waals surface area contributed by atoms with E-state index >= 15 is 0 Å². The lowest BCUT2D eigenvalue weighted by molar-refractivity contribution is 0.101. The van der Waals surface area contributed by atoms with Crippen molar-refractivity contribution in [2.24, 2.45) is 5.92 Å². The number of carbonyl (C=O) groups is 1. The average molecular weight is 286 g/mol. The lowest BCUT2D eigenvalue weighted by Gasteiger charge is -2.08. The first kappa shape index (κ1) is 14.3. The van der Waals surface area contributed by atoms with Gasteiger partial charge in [0.2, 0.25) is 0 Å². The van der Waals surface area contributed by atoms with Crippen LogP contribution >= 0.6 is 0 Å². The highest BCUT2D eigenvalue weighted by Gasteiger charge is 2.22. The first-order valence-corrected chi connectivity index (χ1v) is 7.89. The Labute approximate surface area is 113 Å². The molecule has 104 valence electrons. The van der Waals surface area contributed by atoms with Crippen molar-refractivity contribution in [1.29, 1.82) is 0 Å². The zero-order valence-electron chi connectivity index (χ0n) is 10.5. The van der Waals surface area contributed by atoms with Crippen LogP contribution in [0.5, 0.6) is 0 Å². The van der Waals surface area contributed by atoms with Crippen LogP contribution in [0.4, 0.5) is 8.78 Å². The van der Waals surface area contributed by atoms with Crippen molar-refractivity contribution < 1.29 is 17.8 Å². The van der Waals surface area contributed by atoms with E-state index in [4.69, 9.17) is 0 Å². The van der Waals surface area contributed by atoms with Gasteiger partial charge in [0.25, 0.3) is 0 Å². The zero-order valence-corrected chi connectivity index (χ0v) is 11.3. The highest BCUT2D eigenvalue weighted by Crippen LogP contribution is 2.25. The molecule has 1 atom stereocenters. The molecule has 2 rings (SSSR count). The van der Waals surface area contributed by atoms with Crippen molar-refractivity contribution in [2.75, 3.05) is 11.5 Å². The second-order valence-corrected chi connectivity index (χ2v) is 6.42. The van der Waals surface area contributed by atoms with E-state index in [1.54, 1.807) is 0 Å². The van der Waals surface area contributed by atoms with Gasteiger partial charge in [-0.1, -0.05) is 18.9 Å². The van der Waals surface area contributed by atoms with Crippen LogP contribution in [0.2, 0.25) is 0 Å². The van der Waals surface area contributed by atoms with E-state index in [1.165, 1.54) is 6.07 Å². The number of rotatable bonds is 5. The maximum atomic E-state index is 13.4. The SMILES string of the molecule is O=C(CS(=O)CC1CCCC1)c1c(F)cccc1F. The summed E-state index contributed by atoms with van der Waals surface area (Å²) in [7, 11) is -1.34. The maximum absolute atomic E-state index is 13.4. The average Bonchev–Trinajstić information content (AvgIpc) is 2.81. The van der Waals surface area contributed by atoms with Gasteiger partial charge in [-0.05, 0) is 30.9 Å². The molecule has 1 fully saturated rings. The molecule has 0 heterocycles. The van der Waals surface area contributed by atoms with Crippen molar-refractivity contribution in [3.63, 3.8) is 0 Å². The van der Waals surface area contributed by atoms with Crippen LogP contribution in [0.25, 0.3) is 0 Å². The fourth-order valence-corrected chi connectivity index (χ4v) is 3.90. The van der Waals surface area contributed by atoms with Gasteiger partial charge in [0.05, 0.1) is 11.3 Å². The van der Waals surface area contributed by atoms with E-state index in [9.17, 15) is 17.8 Å². The van der Waals surface area contributed by atoms with Gasteiger partial charge in [0.1, 0.15) is 11.6 Å². The van der Waals surface area contributed by atoms with Crippen molar-refractivity contribution >= 4 is 16.6 Å². The zero-order chi connectivity index (χ0) is 13.8. The minimum Gasteiger partial charge on any atom is -0.293 e. The Kier molecular flexibility index (Phi) is 4.80. The Hall–Kier alpha value is -1.10. The van der Waals surface area contributed by atoms with Gasteiger partial charge in [-0.2, -0.15) is 0 Å². The number of benzene rings is 1. The standard InChI is InChI=1S/C14H16F2O2S/c15-11-6-3-7-12(16)14(11)13(17)9-19(18)8-10-4-1-2-5-10/h3,6-7,10H,1-2,4-5,8-9H2. The van der Waals surface area contributed by atoms with Crippen molar-refractivity contribution in [3.8, 4) is 0 Å². The second-order valence-electron chi connectivity index (χ2n) is 4.92. The van der Waals surface area contributed by atoms with Gasteiger partial charge < -0.3 is 0 Å². The number of ketones is 1. The summed E-state index contributed by atoms with van der Waals surface area (Å²) < 4.78 is 38.6. The van der Waals surface area contributed by atoms with Gasteiger partial charge in [-0.15, -0.1) is 0 Å². The van der Waals surface area contributed by atoms with Crippen molar-refractivity contribution in [2.45, 2.75) is 25.7 Å². The predicted molar refractivity (Wildman–Crippen MR) is 70.5 cm³/mol. The van der Waals surface area contributed by atoms with Crippen molar-refractivity contribution in [1.82, 2.24) is 0 Å². The number of hydrogen-bond donors (Lipinski definition) is 0. The Balaban J connectivity index is 1.98. The number of carbonyl (C=O) groups excluding carboxylic acids is 1. The topological polar surface area (TPSA) is 34.1 Å². The smallest absolute Gasteiger partial charge is 0.181 e. The molecule has 1 aliphatic carbocycles. The van der Waals surface area contributed by atoms with Crippen LogP contribution in [-0.4, -0.2) is 21.5 Å². The highest BCUT2D eigenvalue weighted by atomic mass is 32.2. The summed E-state index contributed by atoms with van der Waals surface area (Å²) in [5.41, 5.74) is -0.567. The third-order valence-electron chi connectivity index (χ3n) is 3.43. The molecule has 0 aliphatic heterocycles. The van der Waals surface area contributed by atoms with Crippen LogP contribution in [0, 0.1) is 17.6 Å². The minimum atomic E-state index is -1.34. The van der Waals surface area contributed by atoms with E-state index < -0.39 is 33.8 Å². The lowest BCUT2D eigenvalue weighted by Crippen LogP contribution is -2.19. The molecule has 0 saturated heterocycles. The Morgan fingerprint density at radius 1 is 1.21 bits per heavy atom. The highest BCUT2D eigenvalue weighted by molar-refractivity contribution is 7.85. The number of halogens is 2. The molecule has 1 aromatic carbocycles. The van der Waals surface area contributed by atoms with Gasteiger partial charge in [-0.3, -0.25) is 9.00 Å². The summed E-state index contributed by atoms with van der Waals surface area (Å²) >= 11 is 0. The molecule has 0 bridgehead atoms. The molecule has 2 nitrogen and oxygen atoms in total. The first-order valence-electron chi connectivity index (χ1n) is 6.40. The van der Waals surface area contributed by atoms with E-state index in [1.807, 2.05) is 0 Å². The van der Waals surface area contributed by atoms with E-state index in [0.29, 0.717) is 11.7 Å². The fourth-order valence-electron chi connectivity index (χ4n) is 2.48. The predicted octanol–water partition coefficient (Wildman–Crippen LogP) is 3.09. The Morgan fingerprint density at radius 2 is 1.79 bits per heavy atom. The number of Topliss-reactive ketones (excluding diaryl/α,β-unsaturated/α-hetero) is 1. The monoisotopic (exact) mass is 286 g/mol. The molecule has 1 aliphatic rings. The summed E-state index contributed by atoms with van der Waals surface area (Å²) in [6.07, 6.45) is 4.34. The van der Waals surface area contributed by atoms with Crippen LogP contribution in [-0.2, 0) is 10.8 Å². The second kappa shape index (κ2) is 6.37. The summed E-state index contributed by atoms with van der Waals surface area (Å²) in [5.74, 6) is -1.94. The summed E-state index contributed by atoms with van der Waals surface area (Å²) in [4.78, 5) is 11.8. The molecular formula is C14H16F2O2S. The summed E-state index contributed by atoms with van der Waals surface area (Å²) in [6, 6.07) is 3.28. The minimum absolute atomic E-state index is 0.297. The van der Waals surface area contributed by atoms with Crippen LogP contribution in [0.15, 0.2) is 18.2 Å². The lowest BCUT2D eigenvalue weighted by atomic mass is 10.1. The molecule has 0 N–H and O–H groups in total. The molecule has 1 aromatic rings. The quantitative estimate of drug-likeness (QED) is 0.780. The van der Waals surface area contributed by atoms with Gasteiger partial charge >= 0.3 is 0 Å². The molecule has 0 amide bonds. The van der Waals surface area contributed by atoms with Crippen LogP contribution in [0.1, 0.15) is 36.0 Å². The van der Waals surface area contributed by atoms with E-state index in [2.05, 4.69) is 0 Å². The van der Waals surface area contributed by atoms with Gasteiger partial charge in [0.15, 0.2) is 5.78 Å². The maximum Gasteiger partial charge on any atom is 0.181 e.